The summed E-state index contributed by atoms with van der Waals surface area (Å²) in [7, 11) is 1.32. The van der Waals surface area contributed by atoms with Crippen molar-refractivity contribution < 1.29 is 0 Å². The van der Waals surface area contributed by atoms with Crippen molar-refractivity contribution in [1.29, 1.82) is 0 Å². The second-order valence-electron chi connectivity index (χ2n) is 4.83. The fourth-order valence-electron chi connectivity index (χ4n) is 1.99. The van der Waals surface area contributed by atoms with E-state index in [1.54, 1.807) is 10.6 Å². The Hall–Kier alpha value is -0.700. The molecule has 0 aliphatic heterocycles. The highest BCUT2D eigenvalue weighted by Crippen LogP contribution is 2.37. The van der Waals surface area contributed by atoms with Crippen molar-refractivity contribution in [2.45, 2.75) is 27.7 Å². The first-order chi connectivity index (χ1) is 8.59. The fourth-order valence-corrected chi connectivity index (χ4v) is 6.37. The molecule has 18 heavy (non-hydrogen) atoms. The molecule has 0 aromatic heterocycles. The largest absolute Gasteiger partial charge is 0.0946 e. The highest BCUT2D eigenvalue weighted by molar-refractivity contribution is 8.18. The molecule has 0 saturated carbocycles. The highest BCUT2D eigenvalue weighted by atomic mass is 32.0. The van der Waals surface area contributed by atoms with Gasteiger partial charge in [-0.25, -0.2) is 0 Å². The van der Waals surface area contributed by atoms with E-state index in [1.165, 1.54) is 22.3 Å². The van der Waals surface area contributed by atoms with E-state index in [2.05, 4.69) is 64.1 Å². The van der Waals surface area contributed by atoms with Gasteiger partial charge in [-0.15, -0.1) is 0 Å². The maximum atomic E-state index is 2.30. The van der Waals surface area contributed by atoms with Gasteiger partial charge in [-0.1, -0.05) is 30.3 Å². The molecule has 0 nitrogen and oxygen atoms in total. The molecule has 2 unspecified atom stereocenters. The molecule has 94 valence electrons. The number of rotatable bonds is 3. The van der Waals surface area contributed by atoms with Crippen LogP contribution in [-0.4, -0.2) is 0 Å². The van der Waals surface area contributed by atoms with Crippen LogP contribution in [0.25, 0.3) is 0 Å². The molecule has 2 aromatic rings. The van der Waals surface area contributed by atoms with Crippen LogP contribution in [0, 0.1) is 27.7 Å². The Morgan fingerprint density at radius 2 is 1.39 bits per heavy atom. The monoisotopic (exact) mass is 275 g/mol. The minimum Gasteiger partial charge on any atom is -0.0612 e. The molecule has 2 heteroatoms. The lowest BCUT2D eigenvalue weighted by Crippen LogP contribution is -2.04. The predicted molar refractivity (Wildman–Crippen MR) is 89.1 cm³/mol. The van der Waals surface area contributed by atoms with Crippen molar-refractivity contribution in [3.63, 3.8) is 0 Å². The molecule has 0 aliphatic carbocycles. The van der Waals surface area contributed by atoms with Crippen LogP contribution in [0.4, 0.5) is 0 Å². The Labute approximate surface area is 114 Å². The van der Waals surface area contributed by atoms with E-state index in [1.807, 2.05) is 0 Å². The molecule has 0 heterocycles. The van der Waals surface area contributed by atoms with Crippen LogP contribution in [0.3, 0.4) is 0 Å². The van der Waals surface area contributed by atoms with Crippen LogP contribution in [0.1, 0.15) is 22.3 Å². The highest BCUT2D eigenvalue weighted by Gasteiger charge is 2.09. The summed E-state index contributed by atoms with van der Waals surface area (Å²) >= 11 is 0. The first-order valence-corrected chi connectivity index (χ1v) is 9.70. The van der Waals surface area contributed by atoms with Crippen LogP contribution in [0.15, 0.2) is 36.4 Å². The third-order valence-corrected chi connectivity index (χ3v) is 7.87. The Morgan fingerprint density at radius 1 is 0.778 bits per heavy atom. The van der Waals surface area contributed by atoms with E-state index in [0.717, 1.165) is 8.27 Å². The summed E-state index contributed by atoms with van der Waals surface area (Å²) in [6.07, 6.45) is 0. The van der Waals surface area contributed by atoms with Gasteiger partial charge in [0.2, 0.25) is 0 Å². The molecule has 0 spiro atoms. The lowest BCUT2D eigenvalue weighted by Gasteiger charge is -2.06. The Morgan fingerprint density at radius 3 is 2.11 bits per heavy atom. The normalized spacial score (nSPS) is 12.0. The molecule has 0 fully saturated rings. The number of benzene rings is 2. The van der Waals surface area contributed by atoms with E-state index < -0.39 is 0 Å². The summed E-state index contributed by atoms with van der Waals surface area (Å²) in [5.41, 5.74) is 5.81. The zero-order valence-corrected chi connectivity index (χ0v) is 13.7. The standard InChI is InChI=1S/C16H20P2/c1-11-7-5-9-15(13(11)3)17-18-16-10-6-8-12(2)14(16)4/h5-10,17-18H,1-4H3/p+1. The van der Waals surface area contributed by atoms with Crippen LogP contribution >= 0.6 is 16.5 Å². The van der Waals surface area contributed by atoms with Crippen molar-refractivity contribution in [2.75, 3.05) is 0 Å². The average Bonchev–Trinajstić information content (AvgIpc) is 2.36. The van der Waals surface area contributed by atoms with Crippen molar-refractivity contribution in [3.8, 4) is 0 Å². The van der Waals surface area contributed by atoms with Crippen LogP contribution < -0.4 is 10.6 Å². The van der Waals surface area contributed by atoms with Gasteiger partial charge in [0.25, 0.3) is 0 Å². The lowest BCUT2D eigenvalue weighted by atomic mass is 10.1. The van der Waals surface area contributed by atoms with E-state index in [0.29, 0.717) is 8.27 Å². The number of hydrogen-bond acceptors (Lipinski definition) is 0. The first kappa shape index (κ1) is 13.7. The Bertz CT molecular complexity index is 508. The van der Waals surface area contributed by atoms with E-state index in [4.69, 9.17) is 0 Å². The SMILES string of the molecule is Cc1cccc(P[PH2+]c2cccc(C)c2C)c1C. The van der Waals surface area contributed by atoms with Crippen molar-refractivity contribution >= 4 is 27.1 Å². The molecule has 2 aromatic carbocycles. The summed E-state index contributed by atoms with van der Waals surface area (Å²) in [4.78, 5) is 0. The fraction of sp³-hybridized carbons (Fsp3) is 0.250. The van der Waals surface area contributed by atoms with Crippen LogP contribution in [-0.2, 0) is 0 Å². The second kappa shape index (κ2) is 5.96. The van der Waals surface area contributed by atoms with Gasteiger partial charge in [-0.3, -0.25) is 0 Å². The van der Waals surface area contributed by atoms with Gasteiger partial charge in [0, 0.05) is 13.6 Å². The van der Waals surface area contributed by atoms with Gasteiger partial charge in [-0.05, 0) is 56.0 Å². The molecule has 2 atom stereocenters. The van der Waals surface area contributed by atoms with Gasteiger partial charge < -0.3 is 0 Å². The van der Waals surface area contributed by atoms with Gasteiger partial charge >= 0.3 is 0 Å². The quantitative estimate of drug-likeness (QED) is 0.746. The Kier molecular flexibility index (Phi) is 4.55. The molecule has 2 rings (SSSR count). The van der Waals surface area contributed by atoms with Crippen LogP contribution in [0.2, 0.25) is 0 Å². The molecular weight excluding hydrogens is 254 g/mol. The van der Waals surface area contributed by atoms with Crippen molar-refractivity contribution in [3.05, 3.63) is 58.7 Å². The van der Waals surface area contributed by atoms with Gasteiger partial charge in [0.15, 0.2) is 0 Å². The summed E-state index contributed by atoms with van der Waals surface area (Å²) < 4.78 is 0. The van der Waals surface area contributed by atoms with Gasteiger partial charge in [0.1, 0.15) is 0 Å². The molecule has 0 N–H and O–H groups in total. The minimum atomic E-state index is 0.364. The first-order valence-electron chi connectivity index (χ1n) is 6.32. The summed E-state index contributed by atoms with van der Waals surface area (Å²) in [6, 6.07) is 13.4. The average molecular weight is 275 g/mol. The number of aryl methyl sites for hydroxylation is 2. The molecule has 0 bridgehead atoms. The third-order valence-electron chi connectivity index (χ3n) is 3.63. The zero-order valence-electron chi connectivity index (χ0n) is 11.5. The summed E-state index contributed by atoms with van der Waals surface area (Å²) in [6.45, 7) is 8.92. The molecule has 0 radical (unpaired) electrons. The lowest BCUT2D eigenvalue weighted by molar-refractivity contribution is 1.37. The maximum absolute atomic E-state index is 2.30. The summed E-state index contributed by atoms with van der Waals surface area (Å²) in [5, 5.41) is 3.13. The topological polar surface area (TPSA) is 0 Å². The predicted octanol–water partition coefficient (Wildman–Crippen LogP) is 3.88. The zero-order chi connectivity index (χ0) is 13.1. The molecule has 0 saturated heterocycles. The van der Waals surface area contributed by atoms with Crippen molar-refractivity contribution in [1.82, 2.24) is 0 Å². The van der Waals surface area contributed by atoms with E-state index >= 15 is 0 Å². The van der Waals surface area contributed by atoms with E-state index in [9.17, 15) is 0 Å². The van der Waals surface area contributed by atoms with E-state index in [-0.39, 0.29) is 0 Å². The molecular formula is C16H21P2+. The van der Waals surface area contributed by atoms with Gasteiger partial charge in [-0.2, -0.15) is 0 Å². The van der Waals surface area contributed by atoms with Crippen molar-refractivity contribution in [2.24, 2.45) is 0 Å². The smallest absolute Gasteiger partial charge is 0.0612 e. The maximum Gasteiger partial charge on any atom is 0.0946 e. The second-order valence-corrected chi connectivity index (χ2v) is 8.30. The minimum absolute atomic E-state index is 0.364. The van der Waals surface area contributed by atoms with Gasteiger partial charge in [0.05, 0.1) is 13.6 Å². The molecule has 0 aliphatic rings. The molecule has 0 amide bonds. The summed E-state index contributed by atoms with van der Waals surface area (Å²) in [5.74, 6) is 0. The Balaban J connectivity index is 2.17. The third kappa shape index (κ3) is 3.00. The number of hydrogen-bond donors (Lipinski definition) is 0. The van der Waals surface area contributed by atoms with Crippen LogP contribution in [0.5, 0.6) is 0 Å².